The van der Waals surface area contributed by atoms with Crippen molar-refractivity contribution in [3.8, 4) is 0 Å². The molecule has 7 heteroatoms. The normalized spacial score (nSPS) is 10.2. The molecule has 2 aromatic carbocycles. The number of anilines is 2. The van der Waals surface area contributed by atoms with Gasteiger partial charge in [0.15, 0.2) is 0 Å². The molecule has 0 radical (unpaired) electrons. The molecule has 2 N–H and O–H groups in total. The number of rotatable bonds is 4. The van der Waals surface area contributed by atoms with E-state index in [1.54, 1.807) is 30.3 Å². The van der Waals surface area contributed by atoms with E-state index in [0.29, 0.717) is 16.4 Å². The van der Waals surface area contributed by atoms with Crippen LogP contribution in [0.2, 0.25) is 10.0 Å². The highest BCUT2D eigenvalue weighted by Crippen LogP contribution is 2.29. The number of nitrogens with zero attached hydrogens (tertiary/aromatic N) is 1. The summed E-state index contributed by atoms with van der Waals surface area (Å²) in [6, 6.07) is 15.4. The maximum Gasteiger partial charge on any atom is 0.257 e. The Kier molecular flexibility index (Phi) is 5.51. The van der Waals surface area contributed by atoms with E-state index in [4.69, 9.17) is 23.2 Å². The van der Waals surface area contributed by atoms with Crippen LogP contribution in [-0.4, -0.2) is 16.8 Å². The summed E-state index contributed by atoms with van der Waals surface area (Å²) in [5, 5.41) is 5.97. The first kappa shape index (κ1) is 17.9. The van der Waals surface area contributed by atoms with Crippen LogP contribution in [-0.2, 0) is 0 Å². The van der Waals surface area contributed by atoms with Crippen molar-refractivity contribution in [1.29, 1.82) is 0 Å². The molecule has 0 bridgehead atoms. The van der Waals surface area contributed by atoms with Crippen LogP contribution in [0.3, 0.4) is 0 Å². The Labute approximate surface area is 160 Å². The van der Waals surface area contributed by atoms with Gasteiger partial charge in [0, 0.05) is 18.1 Å². The minimum atomic E-state index is -0.448. The molecule has 5 nitrogen and oxygen atoms in total. The Morgan fingerprint density at radius 1 is 0.808 bits per heavy atom. The zero-order chi connectivity index (χ0) is 18.5. The first-order chi connectivity index (χ1) is 12.5. The number of amides is 2. The van der Waals surface area contributed by atoms with Gasteiger partial charge in [-0.25, -0.2) is 0 Å². The van der Waals surface area contributed by atoms with E-state index in [0.717, 1.165) is 0 Å². The van der Waals surface area contributed by atoms with Crippen molar-refractivity contribution in [2.24, 2.45) is 0 Å². The summed E-state index contributed by atoms with van der Waals surface area (Å²) in [4.78, 5) is 28.7. The smallest absolute Gasteiger partial charge is 0.257 e. The van der Waals surface area contributed by atoms with E-state index in [9.17, 15) is 9.59 Å². The summed E-state index contributed by atoms with van der Waals surface area (Å²) < 4.78 is 0. The molecular weight excluding hydrogens is 373 g/mol. The number of hydrogen-bond acceptors (Lipinski definition) is 3. The Morgan fingerprint density at radius 3 is 2.15 bits per heavy atom. The second kappa shape index (κ2) is 7.99. The van der Waals surface area contributed by atoms with Crippen LogP contribution < -0.4 is 10.6 Å². The third kappa shape index (κ3) is 4.20. The number of benzene rings is 2. The van der Waals surface area contributed by atoms with Crippen molar-refractivity contribution < 1.29 is 9.59 Å². The van der Waals surface area contributed by atoms with E-state index >= 15 is 0 Å². The maximum absolute atomic E-state index is 12.4. The van der Waals surface area contributed by atoms with Gasteiger partial charge < -0.3 is 10.6 Å². The fourth-order valence-corrected chi connectivity index (χ4v) is 2.56. The number of carbonyl (C=O) groups excluding carboxylic acids is 2. The van der Waals surface area contributed by atoms with Crippen LogP contribution in [0.25, 0.3) is 0 Å². The second-order valence-corrected chi connectivity index (χ2v) is 6.12. The predicted octanol–water partition coefficient (Wildman–Crippen LogP) is 4.89. The minimum absolute atomic E-state index is 0.224. The summed E-state index contributed by atoms with van der Waals surface area (Å²) in [6.07, 6.45) is 2.76. The number of nitrogens with one attached hydrogen (secondary N) is 2. The van der Waals surface area contributed by atoms with Gasteiger partial charge in [0.25, 0.3) is 11.8 Å². The fraction of sp³-hybridized carbons (Fsp3) is 0. The average Bonchev–Trinajstić information content (AvgIpc) is 2.66. The van der Waals surface area contributed by atoms with Crippen LogP contribution in [0, 0.1) is 0 Å². The lowest BCUT2D eigenvalue weighted by Gasteiger charge is -2.09. The minimum Gasteiger partial charge on any atom is -0.322 e. The van der Waals surface area contributed by atoms with Crippen LogP contribution >= 0.6 is 23.2 Å². The molecule has 1 heterocycles. The number of para-hydroxylation sites is 1. The zero-order valence-electron chi connectivity index (χ0n) is 13.4. The van der Waals surface area contributed by atoms with Crippen molar-refractivity contribution in [1.82, 2.24) is 4.98 Å². The van der Waals surface area contributed by atoms with Gasteiger partial charge in [0.05, 0.1) is 26.9 Å². The number of carbonyl (C=O) groups is 2. The molecule has 0 saturated carbocycles. The fourth-order valence-electron chi connectivity index (χ4n) is 2.21. The molecule has 0 aliphatic carbocycles. The molecule has 1 aromatic heterocycles. The molecule has 3 aromatic rings. The van der Waals surface area contributed by atoms with Gasteiger partial charge >= 0.3 is 0 Å². The first-order valence-corrected chi connectivity index (χ1v) is 8.37. The van der Waals surface area contributed by atoms with E-state index in [2.05, 4.69) is 15.6 Å². The highest BCUT2D eigenvalue weighted by Gasteiger charge is 2.14. The molecule has 0 unspecified atom stereocenters. The maximum atomic E-state index is 12.4. The van der Waals surface area contributed by atoms with Crippen molar-refractivity contribution in [2.45, 2.75) is 0 Å². The predicted molar refractivity (Wildman–Crippen MR) is 103 cm³/mol. The lowest BCUT2D eigenvalue weighted by atomic mass is 10.1. The van der Waals surface area contributed by atoms with Gasteiger partial charge in [-0.1, -0.05) is 47.5 Å². The third-order valence-corrected chi connectivity index (χ3v) is 4.31. The molecular formula is C19H13Cl2N3O2. The van der Waals surface area contributed by atoms with Gasteiger partial charge in [0.2, 0.25) is 0 Å². The summed E-state index contributed by atoms with van der Waals surface area (Å²) in [5.41, 5.74) is 1.52. The van der Waals surface area contributed by atoms with Gasteiger partial charge in [0.1, 0.15) is 0 Å². The van der Waals surface area contributed by atoms with E-state index in [1.807, 2.05) is 18.2 Å². The van der Waals surface area contributed by atoms with Gasteiger partial charge in [-0.15, -0.1) is 0 Å². The number of pyridine rings is 1. The molecule has 0 aliphatic heterocycles. The lowest BCUT2D eigenvalue weighted by molar-refractivity contribution is 0.102. The Balaban J connectivity index is 1.77. The highest BCUT2D eigenvalue weighted by atomic mass is 35.5. The first-order valence-electron chi connectivity index (χ1n) is 7.61. The number of aromatic nitrogens is 1. The summed E-state index contributed by atoms with van der Waals surface area (Å²) in [5.74, 6) is -0.810. The molecule has 2 amide bonds. The van der Waals surface area contributed by atoms with Crippen LogP contribution in [0.5, 0.6) is 0 Å². The second-order valence-electron chi connectivity index (χ2n) is 5.34. The molecule has 0 fully saturated rings. The van der Waals surface area contributed by atoms with Gasteiger partial charge in [-0.05, 0) is 30.3 Å². The van der Waals surface area contributed by atoms with Crippen LogP contribution in [0.1, 0.15) is 20.7 Å². The zero-order valence-corrected chi connectivity index (χ0v) is 14.9. The standard InChI is InChI=1S/C19H13Cl2N3O2/c20-15-7-4-8-16(17(15)21)24-19(26)13-9-12(10-22-11-13)18(25)23-14-5-2-1-3-6-14/h1-11H,(H,23,25)(H,24,26). The van der Waals surface area contributed by atoms with Crippen LogP contribution in [0.4, 0.5) is 11.4 Å². The largest absolute Gasteiger partial charge is 0.322 e. The van der Waals surface area contributed by atoms with Crippen molar-refractivity contribution >= 4 is 46.4 Å². The van der Waals surface area contributed by atoms with Crippen LogP contribution in [0.15, 0.2) is 67.0 Å². The van der Waals surface area contributed by atoms with Crippen molar-refractivity contribution in [3.05, 3.63) is 88.2 Å². The van der Waals surface area contributed by atoms with E-state index < -0.39 is 5.91 Å². The molecule has 0 aliphatic rings. The van der Waals surface area contributed by atoms with Crippen molar-refractivity contribution in [2.75, 3.05) is 10.6 Å². The topological polar surface area (TPSA) is 71.1 Å². The summed E-state index contributed by atoms with van der Waals surface area (Å²) in [6.45, 7) is 0. The molecule has 0 atom stereocenters. The van der Waals surface area contributed by atoms with E-state index in [1.165, 1.54) is 18.5 Å². The van der Waals surface area contributed by atoms with Crippen molar-refractivity contribution in [3.63, 3.8) is 0 Å². The van der Waals surface area contributed by atoms with Gasteiger partial charge in [-0.2, -0.15) is 0 Å². The summed E-state index contributed by atoms with van der Waals surface area (Å²) >= 11 is 12.0. The Hall–Kier alpha value is -2.89. The SMILES string of the molecule is O=C(Nc1ccccc1)c1cncc(C(=O)Nc2cccc(Cl)c2Cl)c1. The molecule has 130 valence electrons. The monoisotopic (exact) mass is 385 g/mol. The average molecular weight is 386 g/mol. The number of halogens is 2. The number of hydrogen-bond donors (Lipinski definition) is 2. The Morgan fingerprint density at radius 2 is 1.46 bits per heavy atom. The molecule has 0 saturated heterocycles. The third-order valence-electron chi connectivity index (χ3n) is 3.49. The summed E-state index contributed by atoms with van der Waals surface area (Å²) in [7, 11) is 0. The molecule has 26 heavy (non-hydrogen) atoms. The van der Waals surface area contributed by atoms with Gasteiger partial charge in [-0.3, -0.25) is 14.6 Å². The quantitative estimate of drug-likeness (QED) is 0.671. The Bertz CT molecular complexity index is 962. The highest BCUT2D eigenvalue weighted by molar-refractivity contribution is 6.44. The van der Waals surface area contributed by atoms with E-state index in [-0.39, 0.29) is 22.1 Å². The molecule has 0 spiro atoms. The molecule has 3 rings (SSSR count). The lowest BCUT2D eigenvalue weighted by Crippen LogP contribution is -2.16.